The molecule has 1 N–H and O–H groups in total. The Morgan fingerprint density at radius 2 is 2.13 bits per heavy atom. The average Bonchev–Trinajstić information content (AvgIpc) is 2.99. The maximum absolute atomic E-state index is 13.1. The number of benzene rings is 1. The summed E-state index contributed by atoms with van der Waals surface area (Å²) in [5.74, 6) is 0.585. The quantitative estimate of drug-likeness (QED) is 0.892. The summed E-state index contributed by atoms with van der Waals surface area (Å²) in [4.78, 5) is 18.9. The molecule has 0 saturated carbocycles. The summed E-state index contributed by atoms with van der Waals surface area (Å²) >= 11 is 0. The molecule has 1 aromatic carbocycles. The molecule has 1 fully saturated rings. The van der Waals surface area contributed by atoms with Gasteiger partial charge < -0.3 is 9.88 Å². The van der Waals surface area contributed by atoms with Gasteiger partial charge in [-0.1, -0.05) is 25.1 Å². The third kappa shape index (κ3) is 2.56. The number of carbonyl (C=O) groups is 1. The molecule has 4 rings (SSSR count). The molecule has 2 aromatic rings. The Labute approximate surface area is 138 Å². The molecular weight excluding hydrogens is 284 g/mol. The van der Waals surface area contributed by atoms with E-state index in [0.29, 0.717) is 11.9 Å². The molecule has 0 radical (unpaired) electrons. The van der Waals surface area contributed by atoms with Crippen LogP contribution in [0, 0.1) is 5.92 Å². The highest BCUT2D eigenvalue weighted by atomic mass is 16.2. The number of rotatable bonds is 2. The van der Waals surface area contributed by atoms with E-state index in [0.717, 1.165) is 32.2 Å². The summed E-state index contributed by atoms with van der Waals surface area (Å²) in [6.07, 6.45) is 7.64. The molecule has 3 heteroatoms. The van der Waals surface area contributed by atoms with E-state index in [1.54, 1.807) is 0 Å². The smallest absolute Gasteiger partial charge is 0.226 e. The van der Waals surface area contributed by atoms with Crippen LogP contribution in [0.2, 0.25) is 0 Å². The van der Waals surface area contributed by atoms with Gasteiger partial charge >= 0.3 is 0 Å². The number of likely N-dealkylation sites (tertiary alicyclic amines) is 1. The number of hydrogen-bond donors (Lipinski definition) is 1. The fraction of sp³-hybridized carbons (Fsp3) is 0.550. The molecule has 1 aliphatic heterocycles. The van der Waals surface area contributed by atoms with E-state index >= 15 is 0 Å². The van der Waals surface area contributed by atoms with E-state index in [2.05, 4.69) is 41.1 Å². The van der Waals surface area contributed by atoms with Crippen molar-refractivity contribution < 1.29 is 4.79 Å². The molecule has 1 amide bonds. The minimum absolute atomic E-state index is 0.175. The highest BCUT2D eigenvalue weighted by molar-refractivity contribution is 5.87. The van der Waals surface area contributed by atoms with Crippen molar-refractivity contribution in [3.8, 4) is 0 Å². The molecule has 1 saturated heterocycles. The van der Waals surface area contributed by atoms with Gasteiger partial charge in [-0.05, 0) is 56.6 Å². The van der Waals surface area contributed by atoms with E-state index in [9.17, 15) is 4.79 Å². The van der Waals surface area contributed by atoms with Crippen molar-refractivity contribution in [2.75, 3.05) is 6.54 Å². The van der Waals surface area contributed by atoms with Gasteiger partial charge in [-0.2, -0.15) is 0 Å². The van der Waals surface area contributed by atoms with Crippen LogP contribution >= 0.6 is 0 Å². The fourth-order valence-electron chi connectivity index (χ4n) is 4.53. The van der Waals surface area contributed by atoms with Crippen LogP contribution in [0.4, 0.5) is 0 Å². The van der Waals surface area contributed by atoms with Crippen molar-refractivity contribution >= 4 is 16.8 Å². The summed E-state index contributed by atoms with van der Waals surface area (Å²) in [6, 6.07) is 8.97. The highest BCUT2D eigenvalue weighted by Gasteiger charge is 2.33. The van der Waals surface area contributed by atoms with E-state index in [-0.39, 0.29) is 5.92 Å². The average molecular weight is 310 g/mol. The van der Waals surface area contributed by atoms with Crippen molar-refractivity contribution in [3.63, 3.8) is 0 Å². The lowest BCUT2D eigenvalue weighted by atomic mass is 9.84. The first-order chi connectivity index (χ1) is 11.3. The number of piperidine rings is 1. The highest BCUT2D eigenvalue weighted by Crippen LogP contribution is 2.33. The standard InChI is InChI=1S/C20H26N2O/c1-2-15-7-5-6-12-22(15)20(23)14-10-11-19-17(13-14)16-8-3-4-9-18(16)21-19/h3-4,8-9,14-15,21H,2,5-7,10-13H2,1H3. The Kier molecular flexibility index (Phi) is 3.88. The van der Waals surface area contributed by atoms with Crippen LogP contribution in [0.15, 0.2) is 24.3 Å². The van der Waals surface area contributed by atoms with Gasteiger partial charge in [0.15, 0.2) is 0 Å². The molecular formula is C20H26N2O. The second-order valence-electron chi connectivity index (χ2n) is 7.16. The van der Waals surface area contributed by atoms with Gasteiger partial charge in [-0.25, -0.2) is 0 Å². The maximum Gasteiger partial charge on any atom is 0.226 e. The summed E-state index contributed by atoms with van der Waals surface area (Å²) < 4.78 is 0. The Morgan fingerprint density at radius 1 is 1.26 bits per heavy atom. The fourth-order valence-corrected chi connectivity index (χ4v) is 4.53. The van der Waals surface area contributed by atoms with Crippen LogP contribution in [0.1, 0.15) is 50.3 Å². The van der Waals surface area contributed by atoms with Gasteiger partial charge in [0.25, 0.3) is 0 Å². The minimum Gasteiger partial charge on any atom is -0.358 e. The van der Waals surface area contributed by atoms with Crippen molar-refractivity contribution in [1.29, 1.82) is 0 Å². The molecule has 2 aliphatic rings. The summed E-state index contributed by atoms with van der Waals surface area (Å²) in [6.45, 7) is 3.18. The number of aromatic amines is 1. The number of para-hydroxylation sites is 1. The molecule has 0 spiro atoms. The maximum atomic E-state index is 13.1. The number of aryl methyl sites for hydroxylation is 1. The summed E-state index contributed by atoms with van der Waals surface area (Å²) in [5, 5.41) is 1.31. The topological polar surface area (TPSA) is 36.1 Å². The number of amides is 1. The number of nitrogens with one attached hydrogen (secondary N) is 1. The van der Waals surface area contributed by atoms with E-state index in [1.807, 2.05) is 0 Å². The number of aromatic nitrogens is 1. The zero-order valence-electron chi connectivity index (χ0n) is 14.0. The zero-order chi connectivity index (χ0) is 15.8. The molecule has 2 heterocycles. The predicted molar refractivity (Wildman–Crippen MR) is 93.5 cm³/mol. The number of fused-ring (bicyclic) bond motifs is 3. The molecule has 2 atom stereocenters. The third-order valence-corrected chi connectivity index (χ3v) is 5.83. The van der Waals surface area contributed by atoms with Crippen molar-refractivity contribution in [1.82, 2.24) is 9.88 Å². The monoisotopic (exact) mass is 310 g/mol. The lowest BCUT2D eigenvalue weighted by Gasteiger charge is -2.38. The molecule has 0 bridgehead atoms. The minimum atomic E-state index is 0.175. The predicted octanol–water partition coefficient (Wildman–Crippen LogP) is 4.06. The normalized spacial score (nSPS) is 24.7. The van der Waals surface area contributed by atoms with Gasteiger partial charge in [0.1, 0.15) is 0 Å². The van der Waals surface area contributed by atoms with Gasteiger partial charge in [0.05, 0.1) is 0 Å². The second kappa shape index (κ2) is 6.03. The van der Waals surface area contributed by atoms with Crippen LogP contribution < -0.4 is 0 Å². The zero-order valence-corrected chi connectivity index (χ0v) is 14.0. The second-order valence-corrected chi connectivity index (χ2v) is 7.16. The summed E-state index contributed by atoms with van der Waals surface area (Å²) in [7, 11) is 0. The SMILES string of the molecule is CCC1CCCCN1C(=O)C1CCc2[nH]c3ccccc3c2C1. The van der Waals surface area contributed by atoms with Gasteiger partial charge in [-0.3, -0.25) is 4.79 Å². The lowest BCUT2D eigenvalue weighted by Crippen LogP contribution is -2.47. The largest absolute Gasteiger partial charge is 0.358 e. The number of hydrogen-bond acceptors (Lipinski definition) is 1. The van der Waals surface area contributed by atoms with Crippen molar-refractivity contribution in [2.24, 2.45) is 5.92 Å². The van der Waals surface area contributed by atoms with Crippen molar-refractivity contribution in [2.45, 2.75) is 57.9 Å². The van der Waals surface area contributed by atoms with E-state index in [4.69, 9.17) is 0 Å². The molecule has 1 aromatic heterocycles. The first-order valence-corrected chi connectivity index (χ1v) is 9.17. The molecule has 23 heavy (non-hydrogen) atoms. The Morgan fingerprint density at radius 3 is 3.00 bits per heavy atom. The van der Waals surface area contributed by atoms with Gasteiger partial charge in [0, 0.05) is 35.1 Å². The van der Waals surface area contributed by atoms with E-state index in [1.165, 1.54) is 41.4 Å². The molecule has 2 unspecified atom stereocenters. The first-order valence-electron chi connectivity index (χ1n) is 9.17. The van der Waals surface area contributed by atoms with Crippen LogP contribution in [0.3, 0.4) is 0 Å². The van der Waals surface area contributed by atoms with Crippen LogP contribution in [0.25, 0.3) is 10.9 Å². The third-order valence-electron chi connectivity index (χ3n) is 5.83. The van der Waals surface area contributed by atoms with Gasteiger partial charge in [0.2, 0.25) is 5.91 Å². The summed E-state index contributed by atoms with van der Waals surface area (Å²) in [5.41, 5.74) is 3.95. The van der Waals surface area contributed by atoms with Crippen LogP contribution in [-0.2, 0) is 17.6 Å². The molecule has 1 aliphatic carbocycles. The number of nitrogens with zero attached hydrogens (tertiary/aromatic N) is 1. The Hall–Kier alpha value is -1.77. The first kappa shape index (κ1) is 14.8. The Bertz CT molecular complexity index is 718. The molecule has 3 nitrogen and oxygen atoms in total. The van der Waals surface area contributed by atoms with Crippen LogP contribution in [-0.4, -0.2) is 28.4 Å². The Balaban J connectivity index is 1.58. The van der Waals surface area contributed by atoms with Crippen LogP contribution in [0.5, 0.6) is 0 Å². The van der Waals surface area contributed by atoms with Gasteiger partial charge in [-0.15, -0.1) is 0 Å². The lowest BCUT2D eigenvalue weighted by molar-refractivity contribution is -0.139. The van der Waals surface area contributed by atoms with E-state index < -0.39 is 0 Å². The number of H-pyrrole nitrogens is 1. The molecule has 122 valence electrons. The number of carbonyl (C=O) groups excluding carboxylic acids is 1. The van der Waals surface area contributed by atoms with Crippen molar-refractivity contribution in [3.05, 3.63) is 35.5 Å².